The van der Waals surface area contributed by atoms with E-state index in [1.54, 1.807) is 15.4 Å². The molecular weight excluding hydrogens is 268 g/mol. The Kier molecular flexibility index (Phi) is 3.27. The molecule has 1 atom stereocenters. The van der Waals surface area contributed by atoms with Crippen molar-refractivity contribution >= 4 is 5.97 Å². The minimum atomic E-state index is -1.02. The van der Waals surface area contributed by atoms with Crippen molar-refractivity contribution < 1.29 is 9.90 Å². The average Bonchev–Trinajstić information content (AvgIpc) is 3.18. The SMILES string of the molecule is CC(c1ccc(-n2cccn2)cc1)n1cnc(C(=O)O)c1. The fourth-order valence-electron chi connectivity index (χ4n) is 2.16. The summed E-state index contributed by atoms with van der Waals surface area (Å²) in [6.07, 6.45) is 6.69. The number of carbonyl (C=O) groups is 1. The number of imidazole rings is 1. The van der Waals surface area contributed by atoms with Crippen molar-refractivity contribution in [3.8, 4) is 5.69 Å². The molecule has 6 nitrogen and oxygen atoms in total. The highest BCUT2D eigenvalue weighted by Crippen LogP contribution is 2.19. The Morgan fingerprint density at radius 2 is 2.05 bits per heavy atom. The summed E-state index contributed by atoms with van der Waals surface area (Å²) in [7, 11) is 0. The van der Waals surface area contributed by atoms with Crippen molar-refractivity contribution in [1.82, 2.24) is 19.3 Å². The number of aromatic carboxylic acids is 1. The van der Waals surface area contributed by atoms with E-state index in [1.165, 1.54) is 12.5 Å². The van der Waals surface area contributed by atoms with Gasteiger partial charge >= 0.3 is 5.97 Å². The van der Waals surface area contributed by atoms with Crippen LogP contribution in [0, 0.1) is 0 Å². The molecule has 0 saturated heterocycles. The Morgan fingerprint density at radius 1 is 1.29 bits per heavy atom. The van der Waals surface area contributed by atoms with Gasteiger partial charge in [0, 0.05) is 18.6 Å². The summed E-state index contributed by atoms with van der Waals surface area (Å²) in [5.74, 6) is -1.02. The van der Waals surface area contributed by atoms with Crippen molar-refractivity contribution in [1.29, 1.82) is 0 Å². The molecule has 0 bridgehead atoms. The number of hydrogen-bond acceptors (Lipinski definition) is 3. The van der Waals surface area contributed by atoms with Gasteiger partial charge in [-0.2, -0.15) is 5.10 Å². The van der Waals surface area contributed by atoms with E-state index in [1.807, 2.05) is 43.5 Å². The van der Waals surface area contributed by atoms with Crippen LogP contribution in [-0.2, 0) is 0 Å². The van der Waals surface area contributed by atoms with E-state index >= 15 is 0 Å². The quantitative estimate of drug-likeness (QED) is 0.797. The van der Waals surface area contributed by atoms with Gasteiger partial charge in [-0.05, 0) is 30.7 Å². The highest BCUT2D eigenvalue weighted by atomic mass is 16.4. The van der Waals surface area contributed by atoms with Gasteiger partial charge in [0.05, 0.1) is 18.1 Å². The zero-order chi connectivity index (χ0) is 14.8. The van der Waals surface area contributed by atoms with Crippen LogP contribution in [0.5, 0.6) is 0 Å². The Bertz CT molecular complexity index is 744. The van der Waals surface area contributed by atoms with E-state index in [-0.39, 0.29) is 11.7 Å². The molecule has 1 aromatic carbocycles. The van der Waals surface area contributed by atoms with Gasteiger partial charge in [0.25, 0.3) is 0 Å². The zero-order valence-corrected chi connectivity index (χ0v) is 11.4. The maximum atomic E-state index is 10.9. The Morgan fingerprint density at radius 3 is 2.62 bits per heavy atom. The summed E-state index contributed by atoms with van der Waals surface area (Å²) < 4.78 is 3.57. The van der Waals surface area contributed by atoms with Gasteiger partial charge in [-0.1, -0.05) is 12.1 Å². The highest BCUT2D eigenvalue weighted by Gasteiger charge is 2.12. The van der Waals surface area contributed by atoms with Crippen LogP contribution in [0.4, 0.5) is 0 Å². The summed E-state index contributed by atoms with van der Waals surface area (Å²) in [6.45, 7) is 2.00. The van der Waals surface area contributed by atoms with Crippen LogP contribution in [-0.4, -0.2) is 30.4 Å². The van der Waals surface area contributed by atoms with Gasteiger partial charge < -0.3 is 9.67 Å². The highest BCUT2D eigenvalue weighted by molar-refractivity contribution is 5.84. The number of rotatable bonds is 4. The van der Waals surface area contributed by atoms with Gasteiger partial charge in [-0.15, -0.1) is 0 Å². The minimum absolute atomic E-state index is 0.0114. The lowest BCUT2D eigenvalue weighted by atomic mass is 10.1. The van der Waals surface area contributed by atoms with Gasteiger partial charge in [0.15, 0.2) is 5.69 Å². The van der Waals surface area contributed by atoms with E-state index in [0.29, 0.717) is 0 Å². The van der Waals surface area contributed by atoms with E-state index in [4.69, 9.17) is 5.11 Å². The largest absolute Gasteiger partial charge is 0.476 e. The fraction of sp³-hybridized carbons (Fsp3) is 0.133. The second-order valence-electron chi connectivity index (χ2n) is 4.73. The summed E-state index contributed by atoms with van der Waals surface area (Å²) in [4.78, 5) is 14.7. The second kappa shape index (κ2) is 5.24. The van der Waals surface area contributed by atoms with E-state index in [2.05, 4.69) is 10.1 Å². The van der Waals surface area contributed by atoms with E-state index in [0.717, 1.165) is 11.3 Å². The lowest BCUT2D eigenvalue weighted by Gasteiger charge is -2.14. The van der Waals surface area contributed by atoms with Crippen LogP contribution in [0.2, 0.25) is 0 Å². The lowest BCUT2D eigenvalue weighted by molar-refractivity contribution is 0.0691. The second-order valence-corrected chi connectivity index (χ2v) is 4.73. The number of carboxylic acid groups (broad SMARTS) is 1. The van der Waals surface area contributed by atoms with Gasteiger partial charge in [0.2, 0.25) is 0 Å². The number of nitrogens with zero attached hydrogens (tertiary/aromatic N) is 4. The van der Waals surface area contributed by atoms with Crippen LogP contribution in [0.1, 0.15) is 29.0 Å². The molecule has 0 aliphatic rings. The third-order valence-electron chi connectivity index (χ3n) is 3.41. The first-order valence-corrected chi connectivity index (χ1v) is 6.52. The summed E-state index contributed by atoms with van der Waals surface area (Å²) in [6, 6.07) is 9.85. The van der Waals surface area contributed by atoms with Crippen LogP contribution < -0.4 is 0 Å². The zero-order valence-electron chi connectivity index (χ0n) is 11.4. The number of carboxylic acids is 1. The number of aromatic nitrogens is 4. The first-order chi connectivity index (χ1) is 10.1. The Balaban J connectivity index is 1.84. The molecule has 0 radical (unpaired) electrons. The molecule has 3 rings (SSSR count). The summed E-state index contributed by atoms with van der Waals surface area (Å²) in [5, 5.41) is 13.1. The molecular formula is C15H14N4O2. The summed E-state index contributed by atoms with van der Waals surface area (Å²) >= 11 is 0. The number of hydrogen-bond donors (Lipinski definition) is 1. The Labute approximate surface area is 121 Å². The summed E-state index contributed by atoms with van der Waals surface area (Å²) in [5.41, 5.74) is 2.10. The molecule has 0 amide bonds. The van der Waals surface area contributed by atoms with Crippen LogP contribution in [0.25, 0.3) is 5.69 Å². The van der Waals surface area contributed by atoms with Crippen molar-refractivity contribution in [3.63, 3.8) is 0 Å². The van der Waals surface area contributed by atoms with Gasteiger partial charge in [-0.25, -0.2) is 14.5 Å². The standard InChI is InChI=1S/C15H14N4O2/c1-11(18-9-14(15(20)21)16-10-18)12-3-5-13(6-4-12)19-8-2-7-17-19/h2-11H,1H3,(H,20,21). The van der Waals surface area contributed by atoms with Crippen molar-refractivity contribution in [2.75, 3.05) is 0 Å². The first kappa shape index (κ1) is 13.1. The molecule has 106 valence electrons. The molecule has 1 N–H and O–H groups in total. The van der Waals surface area contributed by atoms with Crippen LogP contribution in [0.15, 0.2) is 55.2 Å². The molecule has 0 aliphatic heterocycles. The predicted octanol–water partition coefficient (Wildman–Crippen LogP) is 2.38. The van der Waals surface area contributed by atoms with Crippen LogP contribution >= 0.6 is 0 Å². The molecule has 6 heteroatoms. The van der Waals surface area contributed by atoms with Crippen molar-refractivity contribution in [3.05, 3.63) is 66.5 Å². The average molecular weight is 282 g/mol. The van der Waals surface area contributed by atoms with Gasteiger partial charge in [-0.3, -0.25) is 0 Å². The minimum Gasteiger partial charge on any atom is -0.476 e. The third kappa shape index (κ3) is 2.55. The molecule has 0 spiro atoms. The monoisotopic (exact) mass is 282 g/mol. The normalized spacial score (nSPS) is 12.2. The smallest absolute Gasteiger partial charge is 0.356 e. The Hall–Kier alpha value is -2.89. The fourth-order valence-corrected chi connectivity index (χ4v) is 2.16. The molecule has 2 heterocycles. The molecule has 0 aliphatic carbocycles. The van der Waals surface area contributed by atoms with E-state index < -0.39 is 5.97 Å². The van der Waals surface area contributed by atoms with Crippen LogP contribution in [0.3, 0.4) is 0 Å². The molecule has 3 aromatic rings. The van der Waals surface area contributed by atoms with Crippen molar-refractivity contribution in [2.45, 2.75) is 13.0 Å². The first-order valence-electron chi connectivity index (χ1n) is 6.52. The predicted molar refractivity (Wildman–Crippen MR) is 76.6 cm³/mol. The maximum Gasteiger partial charge on any atom is 0.356 e. The third-order valence-corrected chi connectivity index (χ3v) is 3.41. The molecule has 1 unspecified atom stereocenters. The van der Waals surface area contributed by atoms with E-state index in [9.17, 15) is 4.79 Å². The lowest BCUT2D eigenvalue weighted by Crippen LogP contribution is -2.05. The van der Waals surface area contributed by atoms with Crippen molar-refractivity contribution in [2.24, 2.45) is 0 Å². The topological polar surface area (TPSA) is 72.9 Å². The molecule has 0 fully saturated rings. The van der Waals surface area contributed by atoms with Gasteiger partial charge in [0.1, 0.15) is 0 Å². The molecule has 0 saturated carbocycles. The molecule has 2 aromatic heterocycles. The maximum absolute atomic E-state index is 10.9. The number of benzene rings is 1. The molecule has 21 heavy (non-hydrogen) atoms.